The van der Waals surface area contributed by atoms with Crippen LogP contribution in [0.15, 0.2) is 60.9 Å². The van der Waals surface area contributed by atoms with Crippen molar-refractivity contribution in [2.45, 2.75) is 5.54 Å². The zero-order valence-corrected chi connectivity index (χ0v) is 12.8. The molecule has 0 aliphatic carbocycles. The summed E-state index contributed by atoms with van der Waals surface area (Å²) in [5, 5.41) is 4.98. The van der Waals surface area contributed by atoms with E-state index in [0.717, 1.165) is 16.3 Å². The first kappa shape index (κ1) is 14.8. The molecule has 1 aromatic heterocycles. The summed E-state index contributed by atoms with van der Waals surface area (Å²) in [6, 6.07) is 13.5. The summed E-state index contributed by atoms with van der Waals surface area (Å²) in [4.78, 5) is 16.7. The molecule has 24 heavy (non-hydrogen) atoms. The second kappa shape index (κ2) is 5.69. The number of amides is 1. The maximum Gasteiger partial charge on any atom is 0.252 e. The molecule has 120 valence electrons. The zero-order valence-electron chi connectivity index (χ0n) is 12.8. The first-order valence-electron chi connectivity index (χ1n) is 7.66. The first-order valence-corrected chi connectivity index (χ1v) is 7.66. The average Bonchev–Trinajstić information content (AvgIpc) is 2.58. The number of benzene rings is 2. The standard InChI is InChI=1S/C19H15FN2O2/c20-17-5-3-16(4-6-17)19(11-24-12-19)22-18(23)14-1-2-15-10-21-8-7-13(15)9-14/h1-10H,11-12H2,(H,22,23). The van der Waals surface area contributed by atoms with Crippen molar-refractivity contribution in [3.63, 3.8) is 0 Å². The molecule has 3 aromatic rings. The molecule has 1 saturated heterocycles. The summed E-state index contributed by atoms with van der Waals surface area (Å²) in [6.07, 6.45) is 3.46. The lowest BCUT2D eigenvalue weighted by molar-refractivity contribution is -0.0734. The monoisotopic (exact) mass is 322 g/mol. The second-order valence-electron chi connectivity index (χ2n) is 5.97. The molecular formula is C19H15FN2O2. The van der Waals surface area contributed by atoms with Gasteiger partial charge >= 0.3 is 0 Å². The molecule has 0 spiro atoms. The number of carbonyl (C=O) groups excluding carboxylic acids is 1. The van der Waals surface area contributed by atoms with Crippen LogP contribution < -0.4 is 5.32 Å². The predicted octanol–water partition coefficient (Wildman–Crippen LogP) is 3.03. The quantitative estimate of drug-likeness (QED) is 0.806. The topological polar surface area (TPSA) is 51.2 Å². The number of rotatable bonds is 3. The van der Waals surface area contributed by atoms with Gasteiger partial charge in [0.1, 0.15) is 11.4 Å². The minimum absolute atomic E-state index is 0.179. The number of carbonyl (C=O) groups is 1. The van der Waals surface area contributed by atoms with Crippen LogP contribution in [0.2, 0.25) is 0 Å². The zero-order chi connectivity index (χ0) is 16.6. The summed E-state index contributed by atoms with van der Waals surface area (Å²) in [5.74, 6) is -0.482. The molecule has 1 N–H and O–H groups in total. The van der Waals surface area contributed by atoms with Gasteiger partial charge in [-0.25, -0.2) is 4.39 Å². The molecule has 0 saturated carbocycles. The van der Waals surface area contributed by atoms with Crippen LogP contribution in [0.3, 0.4) is 0 Å². The average molecular weight is 322 g/mol. The van der Waals surface area contributed by atoms with Gasteiger partial charge in [0.2, 0.25) is 0 Å². The lowest BCUT2D eigenvalue weighted by Gasteiger charge is -2.42. The summed E-state index contributed by atoms with van der Waals surface area (Å²) in [5.41, 5.74) is 0.813. The normalized spacial score (nSPS) is 15.7. The number of pyridine rings is 1. The fourth-order valence-electron chi connectivity index (χ4n) is 2.90. The van der Waals surface area contributed by atoms with Gasteiger partial charge in [0.25, 0.3) is 5.91 Å². The van der Waals surface area contributed by atoms with Crippen LogP contribution in [0.5, 0.6) is 0 Å². The molecule has 2 aromatic carbocycles. The highest BCUT2D eigenvalue weighted by atomic mass is 19.1. The molecule has 2 heterocycles. The van der Waals surface area contributed by atoms with E-state index in [1.165, 1.54) is 12.1 Å². The van der Waals surface area contributed by atoms with Crippen molar-refractivity contribution in [3.8, 4) is 0 Å². The van der Waals surface area contributed by atoms with Crippen molar-refractivity contribution in [3.05, 3.63) is 77.9 Å². The minimum atomic E-state index is -0.599. The number of aromatic nitrogens is 1. The third-order valence-corrected chi connectivity index (χ3v) is 4.35. The molecule has 0 unspecified atom stereocenters. The predicted molar refractivity (Wildman–Crippen MR) is 88.1 cm³/mol. The van der Waals surface area contributed by atoms with Crippen LogP contribution >= 0.6 is 0 Å². The Labute approximate surface area is 138 Å². The maximum absolute atomic E-state index is 13.1. The highest BCUT2D eigenvalue weighted by Crippen LogP contribution is 2.30. The van der Waals surface area contributed by atoms with Crippen molar-refractivity contribution in [1.82, 2.24) is 10.3 Å². The van der Waals surface area contributed by atoms with E-state index in [4.69, 9.17) is 4.74 Å². The Kier molecular flexibility index (Phi) is 3.50. The molecule has 5 heteroatoms. The Morgan fingerprint density at radius 2 is 1.88 bits per heavy atom. The van der Waals surface area contributed by atoms with E-state index in [1.807, 2.05) is 18.2 Å². The highest BCUT2D eigenvalue weighted by molar-refractivity contribution is 5.98. The van der Waals surface area contributed by atoms with Crippen molar-refractivity contribution in [1.29, 1.82) is 0 Å². The van der Waals surface area contributed by atoms with Gasteiger partial charge in [-0.2, -0.15) is 0 Å². The highest BCUT2D eigenvalue weighted by Gasteiger charge is 2.41. The van der Waals surface area contributed by atoms with Crippen LogP contribution in [0.1, 0.15) is 15.9 Å². The molecule has 4 nitrogen and oxygen atoms in total. The van der Waals surface area contributed by atoms with Crippen molar-refractivity contribution >= 4 is 16.7 Å². The van der Waals surface area contributed by atoms with Gasteiger partial charge in [-0.15, -0.1) is 0 Å². The Hall–Kier alpha value is -2.79. The van der Waals surface area contributed by atoms with Crippen molar-refractivity contribution in [2.24, 2.45) is 0 Å². The number of halogens is 1. The fourth-order valence-corrected chi connectivity index (χ4v) is 2.90. The minimum Gasteiger partial charge on any atom is -0.376 e. The molecule has 1 fully saturated rings. The van der Waals surface area contributed by atoms with E-state index in [2.05, 4.69) is 10.3 Å². The Bertz CT molecular complexity index is 905. The van der Waals surface area contributed by atoms with Crippen LogP contribution in [-0.2, 0) is 10.3 Å². The van der Waals surface area contributed by atoms with Crippen LogP contribution in [0.4, 0.5) is 4.39 Å². The summed E-state index contributed by atoms with van der Waals surface area (Å²) < 4.78 is 18.5. The second-order valence-corrected chi connectivity index (χ2v) is 5.97. The van der Waals surface area contributed by atoms with Gasteiger partial charge in [-0.1, -0.05) is 18.2 Å². The van der Waals surface area contributed by atoms with Gasteiger partial charge in [-0.05, 0) is 41.3 Å². The number of nitrogens with zero attached hydrogens (tertiary/aromatic N) is 1. The van der Waals surface area contributed by atoms with Crippen LogP contribution in [0, 0.1) is 5.82 Å². The third-order valence-electron chi connectivity index (χ3n) is 4.35. The summed E-state index contributed by atoms with van der Waals surface area (Å²) >= 11 is 0. The first-order chi connectivity index (χ1) is 11.7. The Morgan fingerprint density at radius 3 is 2.58 bits per heavy atom. The van der Waals surface area contributed by atoms with E-state index < -0.39 is 5.54 Å². The summed E-state index contributed by atoms with van der Waals surface area (Å²) in [7, 11) is 0. The van der Waals surface area contributed by atoms with Gasteiger partial charge in [0.05, 0.1) is 13.2 Å². The number of fused-ring (bicyclic) bond motifs is 1. The lowest BCUT2D eigenvalue weighted by Crippen LogP contribution is -2.59. The maximum atomic E-state index is 13.1. The molecule has 4 rings (SSSR count). The largest absolute Gasteiger partial charge is 0.376 e. The van der Waals surface area contributed by atoms with Crippen LogP contribution in [0.25, 0.3) is 10.8 Å². The molecule has 1 aliphatic heterocycles. The third kappa shape index (κ3) is 2.53. The Balaban J connectivity index is 1.62. The molecular weight excluding hydrogens is 307 g/mol. The lowest BCUT2D eigenvalue weighted by atomic mass is 9.87. The SMILES string of the molecule is O=C(NC1(c2ccc(F)cc2)COC1)c1ccc2cnccc2c1. The smallest absolute Gasteiger partial charge is 0.252 e. The van der Waals surface area contributed by atoms with E-state index in [0.29, 0.717) is 18.8 Å². The van der Waals surface area contributed by atoms with Crippen molar-refractivity contribution in [2.75, 3.05) is 13.2 Å². The van der Waals surface area contributed by atoms with Gasteiger partial charge in [-0.3, -0.25) is 9.78 Å². The van der Waals surface area contributed by atoms with Gasteiger partial charge in [0.15, 0.2) is 0 Å². The Morgan fingerprint density at radius 1 is 1.08 bits per heavy atom. The number of hydrogen-bond donors (Lipinski definition) is 1. The summed E-state index contributed by atoms with van der Waals surface area (Å²) in [6.45, 7) is 0.754. The van der Waals surface area contributed by atoms with E-state index in [1.54, 1.807) is 30.6 Å². The van der Waals surface area contributed by atoms with Gasteiger partial charge in [0, 0.05) is 23.3 Å². The molecule has 0 bridgehead atoms. The van der Waals surface area contributed by atoms with E-state index in [9.17, 15) is 9.18 Å². The molecule has 0 radical (unpaired) electrons. The molecule has 1 aliphatic rings. The van der Waals surface area contributed by atoms with E-state index in [-0.39, 0.29) is 11.7 Å². The number of ether oxygens (including phenoxy) is 1. The molecule has 0 atom stereocenters. The van der Waals surface area contributed by atoms with Gasteiger partial charge < -0.3 is 10.1 Å². The number of hydrogen-bond acceptors (Lipinski definition) is 3. The van der Waals surface area contributed by atoms with Crippen molar-refractivity contribution < 1.29 is 13.9 Å². The number of nitrogens with one attached hydrogen (secondary N) is 1. The van der Waals surface area contributed by atoms with E-state index >= 15 is 0 Å². The molecule has 1 amide bonds. The van der Waals surface area contributed by atoms with Crippen LogP contribution in [-0.4, -0.2) is 24.1 Å². The fraction of sp³-hybridized carbons (Fsp3) is 0.158.